The molecule has 1 unspecified atom stereocenters. The van der Waals surface area contributed by atoms with Gasteiger partial charge in [0.1, 0.15) is 0 Å². The van der Waals surface area contributed by atoms with Gasteiger partial charge < -0.3 is 5.73 Å². The van der Waals surface area contributed by atoms with Gasteiger partial charge in [0.25, 0.3) is 0 Å². The van der Waals surface area contributed by atoms with Crippen LogP contribution in [-0.2, 0) is 11.2 Å². The molecule has 2 aromatic carbocycles. The second kappa shape index (κ2) is 5.30. The summed E-state index contributed by atoms with van der Waals surface area (Å²) in [6.07, 6.45) is 0.538. The van der Waals surface area contributed by atoms with E-state index in [0.717, 1.165) is 10.9 Å². The Hall–Kier alpha value is -1.38. The third kappa shape index (κ3) is 2.84. The largest absolute Gasteiger partial charge is 0.321 e. The van der Waals surface area contributed by atoms with Crippen LogP contribution in [0.3, 0.4) is 0 Å². The molecule has 3 heteroatoms. The molecule has 0 heterocycles. The molecule has 2 nitrogen and oxygen atoms in total. The van der Waals surface area contributed by atoms with E-state index in [9.17, 15) is 4.79 Å². The molecule has 0 radical (unpaired) electrons. The molecule has 0 fully saturated rings. The van der Waals surface area contributed by atoms with Crippen molar-refractivity contribution in [1.29, 1.82) is 0 Å². The summed E-state index contributed by atoms with van der Waals surface area (Å²) in [6, 6.07) is 13.7. The lowest BCUT2D eigenvalue weighted by atomic mass is 10.0. The Morgan fingerprint density at radius 2 is 1.88 bits per heavy atom. The Morgan fingerprint density at radius 1 is 1.18 bits per heavy atom. The van der Waals surface area contributed by atoms with E-state index in [4.69, 9.17) is 17.3 Å². The maximum absolute atomic E-state index is 11.3. The highest BCUT2D eigenvalue weighted by atomic mass is 35.5. The molecule has 0 aliphatic carbocycles. The van der Waals surface area contributed by atoms with Gasteiger partial charge in [-0.2, -0.15) is 0 Å². The first-order valence-corrected chi connectivity index (χ1v) is 6.06. The van der Waals surface area contributed by atoms with Gasteiger partial charge in [0.15, 0.2) is 5.78 Å². The Bertz CT molecular complexity index is 538. The molecule has 0 aliphatic rings. The van der Waals surface area contributed by atoms with Crippen LogP contribution in [0.5, 0.6) is 0 Å². The molecule has 0 spiro atoms. The molecule has 0 aliphatic heterocycles. The highest BCUT2D eigenvalue weighted by Gasteiger charge is 2.12. The van der Waals surface area contributed by atoms with Crippen molar-refractivity contribution in [1.82, 2.24) is 0 Å². The number of alkyl halides is 1. The van der Waals surface area contributed by atoms with E-state index in [1.54, 1.807) is 0 Å². The number of hydrogen-bond donors (Lipinski definition) is 1. The smallest absolute Gasteiger partial charge is 0.164 e. The minimum atomic E-state index is -0.506. The highest BCUT2D eigenvalue weighted by Crippen LogP contribution is 2.16. The number of fused-ring (bicyclic) bond motifs is 1. The number of hydrogen-bond acceptors (Lipinski definition) is 2. The quantitative estimate of drug-likeness (QED) is 0.844. The van der Waals surface area contributed by atoms with Crippen LogP contribution in [0.2, 0.25) is 0 Å². The number of carbonyl (C=O) groups excluding carboxylic acids is 1. The van der Waals surface area contributed by atoms with Crippen LogP contribution in [0.4, 0.5) is 0 Å². The fraction of sp³-hybridized carbons (Fsp3) is 0.214. The molecule has 1 atom stereocenters. The minimum Gasteiger partial charge on any atom is -0.321 e. The van der Waals surface area contributed by atoms with Gasteiger partial charge in [0, 0.05) is 0 Å². The fourth-order valence-corrected chi connectivity index (χ4v) is 2.03. The summed E-state index contributed by atoms with van der Waals surface area (Å²) in [5, 5.41) is 2.35. The van der Waals surface area contributed by atoms with Gasteiger partial charge in [-0.15, -0.1) is 11.6 Å². The lowest BCUT2D eigenvalue weighted by molar-refractivity contribution is -0.117. The summed E-state index contributed by atoms with van der Waals surface area (Å²) < 4.78 is 0. The molecule has 0 saturated heterocycles. The van der Waals surface area contributed by atoms with Crippen LogP contribution in [0.1, 0.15) is 5.56 Å². The first kappa shape index (κ1) is 12.1. The number of benzene rings is 2. The molecule has 0 aromatic heterocycles. The summed E-state index contributed by atoms with van der Waals surface area (Å²) >= 11 is 5.48. The van der Waals surface area contributed by atoms with E-state index in [1.165, 1.54) is 5.39 Å². The van der Waals surface area contributed by atoms with Crippen molar-refractivity contribution in [3.63, 3.8) is 0 Å². The molecule has 0 amide bonds. The number of carbonyl (C=O) groups is 1. The maximum atomic E-state index is 11.3. The molecular weight excluding hydrogens is 234 g/mol. The van der Waals surface area contributed by atoms with Crippen molar-refractivity contribution in [3.05, 3.63) is 48.0 Å². The number of Topliss-reactive ketones (excluding diaryl/α,β-unsaturated/α-hetero) is 1. The standard InChI is InChI=1S/C14H14ClNO/c15-9-14(17)13(16)8-10-5-6-11-3-1-2-4-12(11)7-10/h1-7,13H,8-9,16H2. The average Bonchev–Trinajstić information content (AvgIpc) is 2.37. The van der Waals surface area contributed by atoms with Crippen LogP contribution in [0.25, 0.3) is 10.8 Å². The van der Waals surface area contributed by atoms with Crippen molar-refractivity contribution >= 4 is 28.2 Å². The van der Waals surface area contributed by atoms with Gasteiger partial charge in [-0.1, -0.05) is 42.5 Å². The summed E-state index contributed by atoms with van der Waals surface area (Å²) in [7, 11) is 0. The summed E-state index contributed by atoms with van der Waals surface area (Å²) in [5.74, 6) is -0.130. The number of ketones is 1. The molecule has 2 aromatic rings. The lowest BCUT2D eigenvalue weighted by Crippen LogP contribution is -2.33. The van der Waals surface area contributed by atoms with Crippen molar-refractivity contribution < 1.29 is 4.79 Å². The van der Waals surface area contributed by atoms with Gasteiger partial charge in [-0.05, 0) is 22.8 Å². The highest BCUT2D eigenvalue weighted by molar-refractivity contribution is 6.28. The predicted octanol–water partition coefficient (Wildman–Crippen LogP) is 2.52. The Labute approximate surface area is 105 Å². The zero-order chi connectivity index (χ0) is 12.3. The SMILES string of the molecule is NC(Cc1ccc2ccccc2c1)C(=O)CCl. The van der Waals surface area contributed by atoms with Crippen LogP contribution in [0.15, 0.2) is 42.5 Å². The summed E-state index contributed by atoms with van der Waals surface area (Å²) in [4.78, 5) is 11.3. The Kier molecular flexibility index (Phi) is 3.77. The van der Waals surface area contributed by atoms with Crippen LogP contribution in [-0.4, -0.2) is 17.7 Å². The van der Waals surface area contributed by atoms with Gasteiger partial charge in [0.05, 0.1) is 11.9 Å². The molecular formula is C14H14ClNO. The third-order valence-electron chi connectivity index (χ3n) is 2.81. The average molecular weight is 248 g/mol. The van der Waals surface area contributed by atoms with E-state index >= 15 is 0 Å². The second-order valence-electron chi connectivity index (χ2n) is 4.09. The lowest BCUT2D eigenvalue weighted by Gasteiger charge is -2.09. The van der Waals surface area contributed by atoms with E-state index < -0.39 is 6.04 Å². The number of halogens is 1. The van der Waals surface area contributed by atoms with Gasteiger partial charge in [-0.3, -0.25) is 4.79 Å². The zero-order valence-corrected chi connectivity index (χ0v) is 10.2. The maximum Gasteiger partial charge on any atom is 0.164 e. The van der Waals surface area contributed by atoms with Crippen molar-refractivity contribution in [2.24, 2.45) is 5.73 Å². The molecule has 0 saturated carbocycles. The molecule has 2 N–H and O–H groups in total. The van der Waals surface area contributed by atoms with E-state index in [1.807, 2.05) is 30.3 Å². The van der Waals surface area contributed by atoms with Crippen molar-refractivity contribution in [3.8, 4) is 0 Å². The Morgan fingerprint density at radius 3 is 2.59 bits per heavy atom. The number of nitrogens with two attached hydrogens (primary N) is 1. The monoisotopic (exact) mass is 247 g/mol. The molecule has 0 bridgehead atoms. The fourth-order valence-electron chi connectivity index (χ4n) is 1.83. The Balaban J connectivity index is 2.22. The van der Waals surface area contributed by atoms with Gasteiger partial charge in [0.2, 0.25) is 0 Å². The van der Waals surface area contributed by atoms with Crippen LogP contribution >= 0.6 is 11.6 Å². The summed E-state index contributed by atoms with van der Waals surface area (Å²) in [5.41, 5.74) is 6.83. The minimum absolute atomic E-state index is 0.0191. The van der Waals surface area contributed by atoms with Crippen LogP contribution in [0, 0.1) is 0 Å². The van der Waals surface area contributed by atoms with Crippen molar-refractivity contribution in [2.75, 3.05) is 5.88 Å². The summed E-state index contributed by atoms with van der Waals surface area (Å²) in [6.45, 7) is 0. The predicted molar refractivity (Wildman–Crippen MR) is 71.4 cm³/mol. The first-order chi connectivity index (χ1) is 8.20. The topological polar surface area (TPSA) is 43.1 Å². The molecule has 2 rings (SSSR count). The van der Waals surface area contributed by atoms with Crippen molar-refractivity contribution in [2.45, 2.75) is 12.5 Å². The molecule has 88 valence electrons. The number of rotatable bonds is 4. The van der Waals surface area contributed by atoms with Gasteiger partial charge in [-0.25, -0.2) is 0 Å². The third-order valence-corrected chi connectivity index (χ3v) is 3.08. The zero-order valence-electron chi connectivity index (χ0n) is 9.40. The second-order valence-corrected chi connectivity index (χ2v) is 4.36. The van der Waals surface area contributed by atoms with E-state index in [0.29, 0.717) is 6.42 Å². The van der Waals surface area contributed by atoms with Crippen LogP contribution < -0.4 is 5.73 Å². The first-order valence-electron chi connectivity index (χ1n) is 5.52. The normalized spacial score (nSPS) is 12.6. The molecule has 17 heavy (non-hydrogen) atoms. The van der Waals surface area contributed by atoms with E-state index in [-0.39, 0.29) is 11.7 Å². The van der Waals surface area contributed by atoms with E-state index in [2.05, 4.69) is 12.1 Å². The van der Waals surface area contributed by atoms with Gasteiger partial charge >= 0.3 is 0 Å².